The Hall–Kier alpha value is -2.08. The summed E-state index contributed by atoms with van der Waals surface area (Å²) in [5.74, 6) is 1.63. The molecule has 0 saturated carbocycles. The van der Waals surface area contributed by atoms with E-state index >= 15 is 0 Å². The number of likely N-dealkylation sites (tertiary alicyclic amines) is 1. The van der Waals surface area contributed by atoms with Gasteiger partial charge in [0.15, 0.2) is 5.96 Å². The molecule has 150 valence electrons. The number of aliphatic imine (C=N–C) groups is 1. The summed E-state index contributed by atoms with van der Waals surface area (Å²) in [6, 6.07) is 7.62. The zero-order chi connectivity index (χ0) is 19.5. The van der Waals surface area contributed by atoms with Crippen molar-refractivity contribution in [3.8, 4) is 0 Å². The molecule has 0 spiro atoms. The highest BCUT2D eigenvalue weighted by Gasteiger charge is 2.14. The Labute approximate surface area is 163 Å². The van der Waals surface area contributed by atoms with Crippen LogP contribution < -0.4 is 16.0 Å². The van der Waals surface area contributed by atoms with E-state index in [1.54, 1.807) is 7.05 Å². The second kappa shape index (κ2) is 11.6. The lowest BCUT2D eigenvalue weighted by Crippen LogP contribution is -2.42. The second-order valence-corrected chi connectivity index (χ2v) is 7.43. The Morgan fingerprint density at radius 3 is 2.56 bits per heavy atom. The average molecular weight is 374 g/mol. The Morgan fingerprint density at radius 1 is 1.15 bits per heavy atom. The van der Waals surface area contributed by atoms with Gasteiger partial charge in [-0.15, -0.1) is 0 Å². The first-order valence-electron chi connectivity index (χ1n) is 10.1. The summed E-state index contributed by atoms with van der Waals surface area (Å²) < 4.78 is 0. The van der Waals surface area contributed by atoms with Crippen molar-refractivity contribution in [3.05, 3.63) is 35.4 Å². The third-order valence-corrected chi connectivity index (χ3v) is 5.03. The molecular weight excluding hydrogens is 338 g/mol. The minimum Gasteiger partial charge on any atom is -0.356 e. The molecule has 1 fully saturated rings. The highest BCUT2D eigenvalue weighted by molar-refractivity contribution is 5.94. The van der Waals surface area contributed by atoms with Crippen LogP contribution >= 0.6 is 0 Å². The summed E-state index contributed by atoms with van der Waals surface area (Å²) in [5.41, 5.74) is 1.79. The van der Waals surface area contributed by atoms with E-state index in [2.05, 4.69) is 32.8 Å². The molecule has 1 aromatic carbocycles. The summed E-state index contributed by atoms with van der Waals surface area (Å²) in [7, 11) is 1.77. The number of piperidine rings is 1. The number of aryl methyl sites for hydroxylation is 1. The number of benzene rings is 1. The van der Waals surface area contributed by atoms with Gasteiger partial charge in [-0.25, -0.2) is 0 Å². The summed E-state index contributed by atoms with van der Waals surface area (Å²) in [4.78, 5) is 18.9. The van der Waals surface area contributed by atoms with Crippen LogP contribution in [0.4, 0.5) is 0 Å². The SMILES string of the molecule is CN=C(NCCCN1CCC(C)CC1)NCCNC(=O)c1cccc(C)c1. The standard InChI is InChI=1S/C21H35N5O/c1-17-8-14-26(15-9-17)13-5-10-24-21(22-3)25-12-11-23-20(27)19-7-4-6-18(2)16-19/h4,6-7,16-17H,5,8-15H2,1-3H3,(H,23,27)(H2,22,24,25). The van der Waals surface area contributed by atoms with Crippen LogP contribution in [0.2, 0.25) is 0 Å². The number of nitrogens with zero attached hydrogens (tertiary/aromatic N) is 2. The molecule has 1 amide bonds. The van der Waals surface area contributed by atoms with E-state index in [9.17, 15) is 4.79 Å². The lowest BCUT2D eigenvalue weighted by molar-refractivity contribution is 0.0954. The predicted molar refractivity (Wildman–Crippen MR) is 112 cm³/mol. The molecule has 1 aromatic rings. The van der Waals surface area contributed by atoms with Gasteiger partial charge in [-0.05, 0) is 63.9 Å². The van der Waals surface area contributed by atoms with Crippen molar-refractivity contribution in [1.82, 2.24) is 20.9 Å². The van der Waals surface area contributed by atoms with Crippen LogP contribution in [0.5, 0.6) is 0 Å². The number of nitrogens with one attached hydrogen (secondary N) is 3. The van der Waals surface area contributed by atoms with E-state index in [1.807, 2.05) is 31.2 Å². The van der Waals surface area contributed by atoms with Crippen LogP contribution in [0.1, 0.15) is 42.1 Å². The first kappa shape index (κ1) is 21.2. The molecule has 0 radical (unpaired) electrons. The number of guanidine groups is 1. The predicted octanol–water partition coefficient (Wildman–Crippen LogP) is 2.01. The smallest absolute Gasteiger partial charge is 0.251 e. The lowest BCUT2D eigenvalue weighted by atomic mass is 9.99. The highest BCUT2D eigenvalue weighted by atomic mass is 16.1. The van der Waals surface area contributed by atoms with Crippen molar-refractivity contribution in [3.63, 3.8) is 0 Å². The van der Waals surface area contributed by atoms with Crippen LogP contribution in [0.3, 0.4) is 0 Å². The van der Waals surface area contributed by atoms with Gasteiger partial charge < -0.3 is 20.9 Å². The van der Waals surface area contributed by atoms with Crippen molar-refractivity contribution in [2.45, 2.75) is 33.1 Å². The van der Waals surface area contributed by atoms with Gasteiger partial charge in [-0.2, -0.15) is 0 Å². The van der Waals surface area contributed by atoms with Crippen LogP contribution in [-0.4, -0.2) is 63.1 Å². The first-order valence-corrected chi connectivity index (χ1v) is 10.1. The number of carbonyl (C=O) groups excluding carboxylic acids is 1. The van der Waals surface area contributed by atoms with Crippen molar-refractivity contribution >= 4 is 11.9 Å². The summed E-state index contributed by atoms with van der Waals surface area (Å²) in [5, 5.41) is 9.52. The molecule has 6 nitrogen and oxygen atoms in total. The number of amides is 1. The van der Waals surface area contributed by atoms with Gasteiger partial charge in [0.25, 0.3) is 5.91 Å². The van der Waals surface area contributed by atoms with Crippen molar-refractivity contribution in [2.75, 3.05) is 46.3 Å². The fourth-order valence-corrected chi connectivity index (χ4v) is 3.26. The third kappa shape index (κ3) is 7.99. The minimum atomic E-state index is -0.0423. The Kier molecular flexibility index (Phi) is 9.11. The van der Waals surface area contributed by atoms with Crippen molar-refractivity contribution in [1.29, 1.82) is 0 Å². The van der Waals surface area contributed by atoms with Crippen LogP contribution in [0.15, 0.2) is 29.3 Å². The fraction of sp³-hybridized carbons (Fsp3) is 0.619. The molecule has 1 aliphatic rings. The van der Waals surface area contributed by atoms with Crippen LogP contribution in [-0.2, 0) is 0 Å². The third-order valence-electron chi connectivity index (χ3n) is 5.03. The molecular formula is C21H35N5O. The zero-order valence-electron chi connectivity index (χ0n) is 17.1. The van der Waals surface area contributed by atoms with Crippen molar-refractivity contribution < 1.29 is 4.79 Å². The topological polar surface area (TPSA) is 68.8 Å². The number of carbonyl (C=O) groups is 1. The van der Waals surface area contributed by atoms with E-state index < -0.39 is 0 Å². The monoisotopic (exact) mass is 373 g/mol. The number of hydrogen-bond donors (Lipinski definition) is 3. The molecule has 0 atom stereocenters. The summed E-state index contributed by atoms with van der Waals surface area (Å²) in [6.45, 7) is 10.0. The molecule has 27 heavy (non-hydrogen) atoms. The fourth-order valence-electron chi connectivity index (χ4n) is 3.26. The molecule has 1 saturated heterocycles. The van der Waals surface area contributed by atoms with E-state index in [0.29, 0.717) is 18.7 Å². The maximum atomic E-state index is 12.1. The Bertz CT molecular complexity index is 608. The van der Waals surface area contributed by atoms with Gasteiger partial charge in [0.05, 0.1) is 0 Å². The molecule has 3 N–H and O–H groups in total. The maximum Gasteiger partial charge on any atom is 0.251 e. The van der Waals surface area contributed by atoms with Gasteiger partial charge >= 0.3 is 0 Å². The quantitative estimate of drug-likeness (QED) is 0.370. The van der Waals surface area contributed by atoms with E-state index in [-0.39, 0.29) is 5.91 Å². The van der Waals surface area contributed by atoms with Crippen LogP contribution in [0, 0.1) is 12.8 Å². The number of rotatable bonds is 8. The largest absolute Gasteiger partial charge is 0.356 e. The minimum absolute atomic E-state index is 0.0423. The molecule has 6 heteroatoms. The van der Waals surface area contributed by atoms with Gasteiger partial charge in [-0.1, -0.05) is 24.6 Å². The summed E-state index contributed by atoms with van der Waals surface area (Å²) in [6.07, 6.45) is 3.76. The van der Waals surface area contributed by atoms with Crippen molar-refractivity contribution in [2.24, 2.45) is 10.9 Å². The average Bonchev–Trinajstić information content (AvgIpc) is 2.68. The van der Waals surface area contributed by atoms with E-state index in [1.165, 1.54) is 25.9 Å². The van der Waals surface area contributed by atoms with Gasteiger partial charge in [0, 0.05) is 32.2 Å². The Morgan fingerprint density at radius 2 is 1.85 bits per heavy atom. The molecule has 0 bridgehead atoms. The Balaban J connectivity index is 1.55. The van der Waals surface area contributed by atoms with E-state index in [0.717, 1.165) is 37.0 Å². The molecule has 2 rings (SSSR count). The molecule has 1 aliphatic heterocycles. The second-order valence-electron chi connectivity index (χ2n) is 7.43. The lowest BCUT2D eigenvalue weighted by Gasteiger charge is -2.30. The summed E-state index contributed by atoms with van der Waals surface area (Å²) >= 11 is 0. The number of hydrogen-bond acceptors (Lipinski definition) is 3. The van der Waals surface area contributed by atoms with Gasteiger partial charge in [0.1, 0.15) is 0 Å². The molecule has 0 aliphatic carbocycles. The normalized spacial score (nSPS) is 16.2. The van der Waals surface area contributed by atoms with Crippen LogP contribution in [0.25, 0.3) is 0 Å². The zero-order valence-corrected chi connectivity index (χ0v) is 17.1. The molecule has 1 heterocycles. The van der Waals surface area contributed by atoms with Gasteiger partial charge in [-0.3, -0.25) is 9.79 Å². The first-order chi connectivity index (χ1) is 13.1. The molecule has 0 unspecified atom stereocenters. The highest BCUT2D eigenvalue weighted by Crippen LogP contribution is 2.15. The van der Waals surface area contributed by atoms with Gasteiger partial charge in [0.2, 0.25) is 0 Å². The molecule has 0 aromatic heterocycles. The van der Waals surface area contributed by atoms with E-state index in [4.69, 9.17) is 0 Å². The maximum absolute atomic E-state index is 12.1.